The molecule has 0 bridgehead atoms. The number of benzene rings is 2. The van der Waals surface area contributed by atoms with E-state index in [9.17, 15) is 0 Å². The van der Waals surface area contributed by atoms with Gasteiger partial charge in [0.2, 0.25) is 0 Å². The molecule has 0 radical (unpaired) electrons. The third kappa shape index (κ3) is 3.48. The fourth-order valence-corrected chi connectivity index (χ4v) is 6.11. The van der Waals surface area contributed by atoms with Gasteiger partial charge in [-0.25, -0.2) is 0 Å². The van der Waals surface area contributed by atoms with Crippen molar-refractivity contribution in [3.63, 3.8) is 0 Å². The van der Waals surface area contributed by atoms with E-state index in [1.807, 2.05) is 0 Å². The van der Waals surface area contributed by atoms with Gasteiger partial charge < -0.3 is 0 Å². The second kappa shape index (κ2) is 7.75. The number of hydrogen-bond acceptors (Lipinski definition) is 0. The Morgan fingerprint density at radius 2 is 1.35 bits per heavy atom. The maximum Gasteiger partial charge on any atom is -0.00806 e. The molecule has 0 saturated carbocycles. The largest absolute Gasteiger partial charge is 0.0798 e. The average Bonchev–Trinajstić information content (AvgIpc) is 3.07. The van der Waals surface area contributed by atoms with Crippen LogP contribution in [0, 0.1) is 5.92 Å². The predicted octanol–water partition coefficient (Wildman–Crippen LogP) is 5.77. The van der Waals surface area contributed by atoms with Crippen LogP contribution in [0.2, 0.25) is 0 Å². The summed E-state index contributed by atoms with van der Waals surface area (Å²) in [5.41, 5.74) is 1.61. The van der Waals surface area contributed by atoms with Gasteiger partial charge in [-0.2, -0.15) is 0 Å². The van der Waals surface area contributed by atoms with Crippen molar-refractivity contribution in [2.24, 2.45) is 5.92 Å². The first-order valence-electron chi connectivity index (χ1n) is 8.65. The maximum absolute atomic E-state index is 2.40. The van der Waals surface area contributed by atoms with Crippen LogP contribution in [-0.4, -0.2) is 0 Å². The van der Waals surface area contributed by atoms with Gasteiger partial charge >= 0.3 is 0 Å². The van der Waals surface area contributed by atoms with Crippen LogP contribution in [0.4, 0.5) is 0 Å². The van der Waals surface area contributed by atoms with E-state index in [1.165, 1.54) is 23.5 Å². The molecule has 0 aromatic heterocycles. The van der Waals surface area contributed by atoms with E-state index in [0.717, 1.165) is 6.42 Å². The van der Waals surface area contributed by atoms with E-state index in [1.54, 1.807) is 10.9 Å². The van der Waals surface area contributed by atoms with E-state index in [2.05, 4.69) is 86.7 Å². The Labute approximate surface area is 141 Å². The summed E-state index contributed by atoms with van der Waals surface area (Å²) in [5.74, 6) is 0.696. The molecular weight excluding hydrogens is 295 g/mol. The molecule has 3 rings (SSSR count). The minimum absolute atomic E-state index is 0.418. The second-order valence-electron chi connectivity index (χ2n) is 6.03. The lowest BCUT2D eigenvalue weighted by Gasteiger charge is -2.25. The van der Waals surface area contributed by atoms with Crippen molar-refractivity contribution < 1.29 is 0 Å². The van der Waals surface area contributed by atoms with Gasteiger partial charge in [-0.15, -0.1) is 0 Å². The third-order valence-electron chi connectivity index (χ3n) is 4.67. The van der Waals surface area contributed by atoms with Crippen LogP contribution in [0.15, 0.2) is 83.7 Å². The molecule has 0 nitrogen and oxygen atoms in total. The molecule has 0 atom stereocenters. The smallest absolute Gasteiger partial charge is 0.00806 e. The minimum atomic E-state index is -0.418. The normalized spacial score (nSPS) is 14.3. The van der Waals surface area contributed by atoms with Gasteiger partial charge in [0.25, 0.3) is 0 Å². The third-order valence-corrected chi connectivity index (χ3v) is 7.28. The fraction of sp³-hybridized carbons (Fsp3) is 0.273. The molecule has 0 aliphatic heterocycles. The first-order chi connectivity index (χ1) is 11.3. The van der Waals surface area contributed by atoms with Crippen molar-refractivity contribution in [1.29, 1.82) is 0 Å². The Hall–Kier alpha value is -1.65. The zero-order chi connectivity index (χ0) is 16.1. The number of allylic oxidation sites excluding steroid dienone is 4. The Morgan fingerprint density at radius 3 is 1.83 bits per heavy atom. The van der Waals surface area contributed by atoms with Crippen LogP contribution in [0.25, 0.3) is 0 Å². The molecule has 1 aliphatic rings. The topological polar surface area (TPSA) is 0 Å². The monoisotopic (exact) mass is 320 g/mol. The highest BCUT2D eigenvalue weighted by Crippen LogP contribution is 2.50. The van der Waals surface area contributed by atoms with Gasteiger partial charge in [-0.1, -0.05) is 86.7 Å². The molecule has 0 amide bonds. The standard InChI is InChI=1S/C22H25P/c1-3-18(4-2)21-16-11-17-22(21)23(19-12-7-5-8-13-19)20-14-9-6-10-15-20/h5-16,18H,3-4,17H2,1-2H3. The van der Waals surface area contributed by atoms with Crippen LogP contribution < -0.4 is 10.6 Å². The molecule has 0 N–H and O–H groups in total. The van der Waals surface area contributed by atoms with Crippen molar-refractivity contribution in [1.82, 2.24) is 0 Å². The molecule has 0 saturated heterocycles. The van der Waals surface area contributed by atoms with E-state index < -0.39 is 7.92 Å². The van der Waals surface area contributed by atoms with Crippen LogP contribution in [0.1, 0.15) is 33.1 Å². The SMILES string of the molecule is CCC(CC)C1=C(P(c2ccccc2)c2ccccc2)CC=C1. The second-order valence-corrected chi connectivity index (χ2v) is 8.27. The number of rotatable bonds is 6. The van der Waals surface area contributed by atoms with Gasteiger partial charge in [0.15, 0.2) is 0 Å². The van der Waals surface area contributed by atoms with Crippen molar-refractivity contribution in [3.05, 3.63) is 83.7 Å². The molecule has 0 spiro atoms. The summed E-state index contributed by atoms with van der Waals surface area (Å²) >= 11 is 0. The maximum atomic E-state index is 2.40. The minimum Gasteiger partial charge on any atom is -0.0798 e. The molecule has 0 fully saturated rings. The highest BCUT2D eigenvalue weighted by Gasteiger charge is 2.25. The Kier molecular flexibility index (Phi) is 5.47. The van der Waals surface area contributed by atoms with Crippen LogP contribution in [-0.2, 0) is 0 Å². The van der Waals surface area contributed by atoms with E-state index >= 15 is 0 Å². The van der Waals surface area contributed by atoms with Crippen molar-refractivity contribution >= 4 is 18.5 Å². The zero-order valence-corrected chi connectivity index (χ0v) is 15.0. The molecule has 0 unspecified atom stereocenters. The quantitative estimate of drug-likeness (QED) is 0.593. The molecule has 1 aliphatic carbocycles. The molecule has 118 valence electrons. The molecule has 0 heterocycles. The van der Waals surface area contributed by atoms with Gasteiger partial charge in [0.05, 0.1) is 0 Å². The summed E-state index contributed by atoms with van der Waals surface area (Å²) in [4.78, 5) is 0. The van der Waals surface area contributed by atoms with Crippen LogP contribution >= 0.6 is 7.92 Å². The Bertz CT molecular complexity index is 639. The predicted molar refractivity (Wildman–Crippen MR) is 104 cm³/mol. The van der Waals surface area contributed by atoms with Crippen molar-refractivity contribution in [2.45, 2.75) is 33.1 Å². The van der Waals surface area contributed by atoms with E-state index in [4.69, 9.17) is 0 Å². The van der Waals surface area contributed by atoms with Crippen LogP contribution in [0.3, 0.4) is 0 Å². The van der Waals surface area contributed by atoms with E-state index in [-0.39, 0.29) is 0 Å². The van der Waals surface area contributed by atoms with Crippen molar-refractivity contribution in [3.8, 4) is 0 Å². The van der Waals surface area contributed by atoms with Crippen LogP contribution in [0.5, 0.6) is 0 Å². The van der Waals surface area contributed by atoms with E-state index in [0.29, 0.717) is 5.92 Å². The fourth-order valence-electron chi connectivity index (χ4n) is 3.45. The zero-order valence-electron chi connectivity index (χ0n) is 14.1. The molecule has 2 aromatic rings. The first-order valence-corrected chi connectivity index (χ1v) is 9.99. The molecular formula is C22H25P. The van der Waals surface area contributed by atoms with Gasteiger partial charge in [-0.3, -0.25) is 0 Å². The number of hydrogen-bond donors (Lipinski definition) is 0. The highest BCUT2D eigenvalue weighted by molar-refractivity contribution is 7.76. The Morgan fingerprint density at radius 1 is 0.826 bits per heavy atom. The summed E-state index contributed by atoms with van der Waals surface area (Å²) in [6.45, 7) is 4.64. The van der Waals surface area contributed by atoms with Gasteiger partial charge in [0.1, 0.15) is 0 Å². The lowest BCUT2D eigenvalue weighted by molar-refractivity contribution is 0.583. The highest BCUT2D eigenvalue weighted by atomic mass is 31.1. The average molecular weight is 320 g/mol. The summed E-state index contributed by atoms with van der Waals surface area (Å²) in [5, 5.41) is 4.60. The summed E-state index contributed by atoms with van der Waals surface area (Å²) in [7, 11) is -0.418. The molecule has 23 heavy (non-hydrogen) atoms. The Balaban J connectivity index is 2.11. The molecule has 1 heteroatoms. The van der Waals surface area contributed by atoms with Gasteiger partial charge in [-0.05, 0) is 54.6 Å². The van der Waals surface area contributed by atoms with Crippen molar-refractivity contribution in [2.75, 3.05) is 0 Å². The molecule has 2 aromatic carbocycles. The summed E-state index contributed by atoms with van der Waals surface area (Å²) in [6.07, 6.45) is 8.33. The summed E-state index contributed by atoms with van der Waals surface area (Å²) < 4.78 is 0. The lowest BCUT2D eigenvalue weighted by atomic mass is 9.95. The van der Waals surface area contributed by atoms with Gasteiger partial charge in [0, 0.05) is 0 Å². The first kappa shape index (κ1) is 16.2. The lowest BCUT2D eigenvalue weighted by Crippen LogP contribution is -2.14. The summed E-state index contributed by atoms with van der Waals surface area (Å²) in [6, 6.07) is 22.1.